The maximum absolute atomic E-state index is 11.9. The molecule has 1 aliphatic heterocycles. The summed E-state index contributed by atoms with van der Waals surface area (Å²) in [6, 6.07) is 0. The van der Waals surface area contributed by atoms with Crippen molar-refractivity contribution in [2.45, 2.75) is 19.3 Å². The van der Waals surface area contributed by atoms with Gasteiger partial charge in [-0.1, -0.05) is 0 Å². The fourth-order valence-corrected chi connectivity index (χ4v) is 1.78. The van der Waals surface area contributed by atoms with E-state index < -0.39 is 5.97 Å². The minimum Gasteiger partial charge on any atom is -0.481 e. The summed E-state index contributed by atoms with van der Waals surface area (Å²) in [5.41, 5.74) is 0. The zero-order chi connectivity index (χ0) is 9.68. The van der Waals surface area contributed by atoms with E-state index in [1.54, 1.807) is 0 Å². The predicted octanol–water partition coefficient (Wildman–Crippen LogP) is 1.14. The quantitative estimate of drug-likeness (QED) is 0.721. The topological polar surface area (TPSA) is 40.5 Å². The summed E-state index contributed by atoms with van der Waals surface area (Å²) in [6.07, 6.45) is 2.06. The van der Waals surface area contributed by atoms with Crippen molar-refractivity contribution in [3.63, 3.8) is 0 Å². The van der Waals surface area contributed by atoms with Crippen molar-refractivity contribution in [2.24, 2.45) is 5.92 Å². The molecule has 13 heavy (non-hydrogen) atoms. The van der Waals surface area contributed by atoms with E-state index in [2.05, 4.69) is 4.90 Å². The average molecular weight is 189 g/mol. The minimum absolute atomic E-state index is 0.267. The van der Waals surface area contributed by atoms with Crippen LogP contribution in [0.1, 0.15) is 19.3 Å². The largest absolute Gasteiger partial charge is 0.481 e. The molecule has 0 atom stereocenters. The summed E-state index contributed by atoms with van der Waals surface area (Å²) in [7, 11) is 0. The Morgan fingerprint density at radius 1 is 1.46 bits per heavy atom. The molecule has 1 fully saturated rings. The number of aliphatic carboxylic acids is 1. The first-order valence-electron chi connectivity index (χ1n) is 4.72. The van der Waals surface area contributed by atoms with Gasteiger partial charge >= 0.3 is 5.97 Å². The zero-order valence-electron chi connectivity index (χ0n) is 7.71. The van der Waals surface area contributed by atoms with Gasteiger partial charge in [0.2, 0.25) is 0 Å². The Hall–Kier alpha value is -0.640. The zero-order valence-corrected chi connectivity index (χ0v) is 7.71. The molecule has 0 aliphatic carbocycles. The molecular formula is C9H16FNO2. The van der Waals surface area contributed by atoms with E-state index in [-0.39, 0.29) is 13.1 Å². The lowest BCUT2D eigenvalue weighted by atomic mass is 9.94. The Morgan fingerprint density at radius 2 is 2.08 bits per heavy atom. The summed E-state index contributed by atoms with van der Waals surface area (Å²) in [6.45, 7) is 1.90. The molecule has 1 N–H and O–H groups in total. The first-order chi connectivity index (χ1) is 6.22. The van der Waals surface area contributed by atoms with Gasteiger partial charge in [0.1, 0.15) is 6.67 Å². The molecule has 76 valence electrons. The van der Waals surface area contributed by atoms with Crippen LogP contribution >= 0.6 is 0 Å². The van der Waals surface area contributed by atoms with Crippen LogP contribution in [-0.2, 0) is 4.79 Å². The van der Waals surface area contributed by atoms with Crippen LogP contribution in [0.4, 0.5) is 4.39 Å². The van der Waals surface area contributed by atoms with E-state index in [9.17, 15) is 9.18 Å². The maximum atomic E-state index is 11.9. The molecular weight excluding hydrogens is 173 g/mol. The van der Waals surface area contributed by atoms with Gasteiger partial charge in [-0.05, 0) is 31.8 Å². The summed E-state index contributed by atoms with van der Waals surface area (Å²) in [5.74, 6) is -0.419. The number of carboxylic acid groups (broad SMARTS) is 1. The lowest BCUT2D eigenvalue weighted by Crippen LogP contribution is -2.35. The van der Waals surface area contributed by atoms with E-state index in [4.69, 9.17) is 5.11 Å². The monoisotopic (exact) mass is 189 g/mol. The molecule has 1 heterocycles. The number of carboxylic acids is 1. The number of hydrogen-bond donors (Lipinski definition) is 1. The molecule has 0 radical (unpaired) electrons. The van der Waals surface area contributed by atoms with Gasteiger partial charge in [-0.2, -0.15) is 0 Å². The molecule has 3 nitrogen and oxygen atoms in total. The van der Waals surface area contributed by atoms with E-state index in [0.29, 0.717) is 12.5 Å². The van der Waals surface area contributed by atoms with Crippen LogP contribution in [0, 0.1) is 5.92 Å². The number of rotatable bonds is 4. The Kier molecular flexibility index (Phi) is 4.15. The fraction of sp³-hybridized carbons (Fsp3) is 0.889. The number of likely N-dealkylation sites (tertiary alicyclic amines) is 1. The smallest absolute Gasteiger partial charge is 0.303 e. The lowest BCUT2D eigenvalue weighted by molar-refractivity contribution is -0.138. The van der Waals surface area contributed by atoms with E-state index in [1.165, 1.54) is 0 Å². The number of hydrogen-bond acceptors (Lipinski definition) is 2. The van der Waals surface area contributed by atoms with Crippen molar-refractivity contribution >= 4 is 5.97 Å². The lowest BCUT2D eigenvalue weighted by Gasteiger charge is -2.30. The molecule has 0 aromatic carbocycles. The van der Waals surface area contributed by atoms with Gasteiger partial charge in [0.25, 0.3) is 0 Å². The molecule has 1 saturated heterocycles. The molecule has 1 rings (SSSR count). The van der Waals surface area contributed by atoms with Gasteiger partial charge in [0.05, 0.1) is 0 Å². The minimum atomic E-state index is -0.719. The summed E-state index contributed by atoms with van der Waals surface area (Å²) in [5, 5.41) is 8.56. The maximum Gasteiger partial charge on any atom is 0.303 e. The van der Waals surface area contributed by atoms with Crippen LogP contribution in [0.25, 0.3) is 0 Å². The van der Waals surface area contributed by atoms with Crippen LogP contribution in [-0.4, -0.2) is 42.3 Å². The van der Waals surface area contributed by atoms with Gasteiger partial charge in [-0.25, -0.2) is 4.39 Å². The van der Waals surface area contributed by atoms with Crippen LogP contribution in [0.5, 0.6) is 0 Å². The Balaban J connectivity index is 2.18. The van der Waals surface area contributed by atoms with Crippen molar-refractivity contribution in [2.75, 3.05) is 26.3 Å². The molecule has 1 aliphatic rings. The van der Waals surface area contributed by atoms with E-state index in [1.807, 2.05) is 0 Å². The van der Waals surface area contributed by atoms with Crippen LogP contribution in [0.2, 0.25) is 0 Å². The second kappa shape index (κ2) is 5.17. The standard InChI is InChI=1S/C9H16FNO2/c10-3-6-11-4-1-8(2-5-11)7-9(12)13/h8H,1-7H2,(H,12,13). The van der Waals surface area contributed by atoms with Gasteiger partial charge in [0.15, 0.2) is 0 Å². The SMILES string of the molecule is O=C(O)CC1CCN(CCF)CC1. The highest BCUT2D eigenvalue weighted by Crippen LogP contribution is 2.19. The second-order valence-corrected chi connectivity index (χ2v) is 3.57. The highest BCUT2D eigenvalue weighted by molar-refractivity contribution is 5.67. The Labute approximate surface area is 77.5 Å². The molecule has 0 amide bonds. The number of piperidine rings is 1. The first kappa shape index (κ1) is 10.4. The molecule has 4 heteroatoms. The van der Waals surface area contributed by atoms with E-state index in [0.717, 1.165) is 25.9 Å². The third-order valence-corrected chi connectivity index (χ3v) is 2.57. The highest BCUT2D eigenvalue weighted by atomic mass is 19.1. The molecule has 0 aromatic rings. The number of nitrogens with zero attached hydrogens (tertiary/aromatic N) is 1. The normalized spacial score (nSPS) is 20.4. The van der Waals surface area contributed by atoms with Crippen molar-refractivity contribution in [1.82, 2.24) is 4.90 Å². The van der Waals surface area contributed by atoms with Gasteiger partial charge < -0.3 is 10.0 Å². The summed E-state index contributed by atoms with van der Waals surface area (Å²) >= 11 is 0. The van der Waals surface area contributed by atoms with Crippen molar-refractivity contribution in [3.05, 3.63) is 0 Å². The van der Waals surface area contributed by atoms with E-state index >= 15 is 0 Å². The average Bonchev–Trinajstić information content (AvgIpc) is 2.08. The number of halogens is 1. The van der Waals surface area contributed by atoms with Crippen LogP contribution in [0.15, 0.2) is 0 Å². The molecule has 0 bridgehead atoms. The fourth-order valence-electron chi connectivity index (χ4n) is 1.78. The number of alkyl halides is 1. The summed E-state index contributed by atoms with van der Waals surface area (Å²) < 4.78 is 11.9. The van der Waals surface area contributed by atoms with Crippen LogP contribution in [0.3, 0.4) is 0 Å². The number of carbonyl (C=O) groups is 1. The van der Waals surface area contributed by atoms with Crippen molar-refractivity contribution in [1.29, 1.82) is 0 Å². The highest BCUT2D eigenvalue weighted by Gasteiger charge is 2.20. The van der Waals surface area contributed by atoms with Crippen LogP contribution < -0.4 is 0 Å². The van der Waals surface area contributed by atoms with Gasteiger partial charge in [-0.15, -0.1) is 0 Å². The van der Waals surface area contributed by atoms with Gasteiger partial charge in [-0.3, -0.25) is 4.79 Å². The Morgan fingerprint density at radius 3 is 2.54 bits per heavy atom. The molecule has 0 spiro atoms. The Bertz CT molecular complexity index is 167. The molecule has 0 saturated carbocycles. The summed E-state index contributed by atoms with van der Waals surface area (Å²) in [4.78, 5) is 12.5. The first-order valence-corrected chi connectivity index (χ1v) is 4.72. The molecule has 0 unspecified atom stereocenters. The van der Waals surface area contributed by atoms with Crippen molar-refractivity contribution < 1.29 is 14.3 Å². The third kappa shape index (κ3) is 3.72. The van der Waals surface area contributed by atoms with Crippen molar-refractivity contribution in [3.8, 4) is 0 Å². The third-order valence-electron chi connectivity index (χ3n) is 2.57. The molecule has 0 aromatic heterocycles. The predicted molar refractivity (Wildman–Crippen MR) is 47.4 cm³/mol. The van der Waals surface area contributed by atoms with Gasteiger partial charge in [0, 0.05) is 13.0 Å². The second-order valence-electron chi connectivity index (χ2n) is 3.57.